The van der Waals surface area contributed by atoms with Crippen LogP contribution in [0.1, 0.15) is 22.3 Å². The minimum absolute atomic E-state index is 0.00872. The summed E-state index contributed by atoms with van der Waals surface area (Å²) in [5.74, 6) is 1.49. The van der Waals surface area contributed by atoms with Crippen LogP contribution in [0.2, 0.25) is 0 Å². The van der Waals surface area contributed by atoms with Crippen molar-refractivity contribution in [3.8, 4) is 11.5 Å². The summed E-state index contributed by atoms with van der Waals surface area (Å²) < 4.78 is 11.2. The minimum Gasteiger partial charge on any atom is -0.497 e. The van der Waals surface area contributed by atoms with E-state index in [1.165, 1.54) is 5.39 Å². The van der Waals surface area contributed by atoms with Crippen molar-refractivity contribution in [3.05, 3.63) is 107 Å². The fraction of sp³-hybridized carbons (Fsp3) is 0.207. The monoisotopic (exact) mass is 439 g/mol. The molecule has 0 saturated carbocycles. The maximum Gasteiger partial charge on any atom is 0.261 e. The van der Waals surface area contributed by atoms with Crippen molar-refractivity contribution in [1.29, 1.82) is 0 Å². The number of rotatable bonds is 8. The summed E-state index contributed by atoms with van der Waals surface area (Å²) in [6, 6.07) is 28.2. The van der Waals surface area contributed by atoms with E-state index >= 15 is 0 Å². The van der Waals surface area contributed by atoms with Gasteiger partial charge in [-0.25, -0.2) is 0 Å². The molecule has 0 aliphatic heterocycles. The fourth-order valence-corrected chi connectivity index (χ4v) is 3.93. The minimum atomic E-state index is -0.0559. The third kappa shape index (κ3) is 5.35. The number of benzene rings is 4. The molecule has 0 fully saturated rings. The van der Waals surface area contributed by atoms with Crippen molar-refractivity contribution in [2.75, 3.05) is 13.7 Å². The molecule has 0 aliphatic rings. The molecule has 4 aromatic carbocycles. The van der Waals surface area contributed by atoms with Gasteiger partial charge in [0.25, 0.3) is 5.91 Å². The Morgan fingerprint density at radius 1 is 0.818 bits per heavy atom. The second-order valence-electron chi connectivity index (χ2n) is 8.22. The molecule has 4 aromatic rings. The first-order valence-electron chi connectivity index (χ1n) is 11.1. The van der Waals surface area contributed by atoms with Gasteiger partial charge in [-0.1, -0.05) is 66.7 Å². The lowest BCUT2D eigenvalue weighted by Gasteiger charge is -2.24. The van der Waals surface area contributed by atoms with E-state index in [1.54, 1.807) is 7.11 Å². The highest BCUT2D eigenvalue weighted by atomic mass is 16.5. The van der Waals surface area contributed by atoms with E-state index in [0.29, 0.717) is 13.1 Å². The van der Waals surface area contributed by atoms with Crippen molar-refractivity contribution in [2.45, 2.75) is 26.9 Å². The predicted octanol–water partition coefficient (Wildman–Crippen LogP) is 6.07. The summed E-state index contributed by atoms with van der Waals surface area (Å²) in [5, 5.41) is 2.32. The van der Waals surface area contributed by atoms with Crippen molar-refractivity contribution in [1.82, 2.24) is 4.90 Å². The van der Waals surface area contributed by atoms with Gasteiger partial charge in [-0.15, -0.1) is 0 Å². The lowest BCUT2D eigenvalue weighted by molar-refractivity contribution is -0.134. The molecule has 0 spiro atoms. The Hall–Kier alpha value is -3.79. The van der Waals surface area contributed by atoms with Gasteiger partial charge in [0.2, 0.25) is 0 Å². The lowest BCUT2D eigenvalue weighted by Crippen LogP contribution is -2.34. The second kappa shape index (κ2) is 10.2. The topological polar surface area (TPSA) is 38.8 Å². The van der Waals surface area contributed by atoms with E-state index in [0.717, 1.165) is 39.1 Å². The Kier molecular flexibility index (Phi) is 6.94. The molecule has 0 aliphatic carbocycles. The van der Waals surface area contributed by atoms with Gasteiger partial charge in [-0.3, -0.25) is 4.79 Å². The third-order valence-corrected chi connectivity index (χ3v) is 6.03. The molecule has 0 unspecified atom stereocenters. The molecule has 0 aromatic heterocycles. The normalized spacial score (nSPS) is 10.8. The van der Waals surface area contributed by atoms with Gasteiger partial charge in [-0.05, 0) is 65.1 Å². The van der Waals surface area contributed by atoms with E-state index in [2.05, 4.69) is 24.3 Å². The van der Waals surface area contributed by atoms with Gasteiger partial charge in [0.1, 0.15) is 11.5 Å². The van der Waals surface area contributed by atoms with Crippen LogP contribution < -0.4 is 9.47 Å². The average Bonchev–Trinajstić information content (AvgIpc) is 2.85. The van der Waals surface area contributed by atoms with Gasteiger partial charge in [0.15, 0.2) is 6.61 Å². The molecule has 33 heavy (non-hydrogen) atoms. The molecular weight excluding hydrogens is 410 g/mol. The Morgan fingerprint density at radius 2 is 1.55 bits per heavy atom. The van der Waals surface area contributed by atoms with Crippen molar-refractivity contribution in [2.24, 2.45) is 0 Å². The number of hydrogen-bond donors (Lipinski definition) is 0. The van der Waals surface area contributed by atoms with Crippen molar-refractivity contribution in [3.63, 3.8) is 0 Å². The quantitative estimate of drug-likeness (QED) is 0.334. The van der Waals surface area contributed by atoms with E-state index < -0.39 is 0 Å². The molecule has 1 amide bonds. The van der Waals surface area contributed by atoms with Gasteiger partial charge >= 0.3 is 0 Å². The van der Waals surface area contributed by atoms with Crippen LogP contribution in [0.25, 0.3) is 10.8 Å². The highest BCUT2D eigenvalue weighted by Crippen LogP contribution is 2.23. The molecule has 0 radical (unpaired) electrons. The molecule has 168 valence electrons. The SMILES string of the molecule is COc1ccc(CN(Cc2cccc3ccccc23)C(=O)COc2cccc(C)c2C)cc1. The number of nitrogens with zero attached hydrogens (tertiary/aromatic N) is 1. The van der Waals surface area contributed by atoms with Crippen LogP contribution in [-0.2, 0) is 17.9 Å². The van der Waals surface area contributed by atoms with E-state index in [4.69, 9.17) is 9.47 Å². The van der Waals surface area contributed by atoms with Gasteiger partial charge in [0.05, 0.1) is 7.11 Å². The first-order chi connectivity index (χ1) is 16.0. The molecule has 0 N–H and O–H groups in total. The molecule has 0 heterocycles. The largest absolute Gasteiger partial charge is 0.497 e. The maximum absolute atomic E-state index is 13.4. The van der Waals surface area contributed by atoms with Crippen LogP contribution in [0.15, 0.2) is 84.9 Å². The Labute approximate surface area is 195 Å². The zero-order valence-corrected chi connectivity index (χ0v) is 19.4. The van der Waals surface area contributed by atoms with Crippen LogP contribution in [0, 0.1) is 13.8 Å². The smallest absolute Gasteiger partial charge is 0.261 e. The molecule has 4 heteroatoms. The van der Waals surface area contributed by atoms with Crippen LogP contribution in [0.5, 0.6) is 11.5 Å². The van der Waals surface area contributed by atoms with E-state index in [-0.39, 0.29) is 12.5 Å². The Morgan fingerprint density at radius 3 is 2.33 bits per heavy atom. The number of carbonyl (C=O) groups is 1. The summed E-state index contributed by atoms with van der Waals surface area (Å²) in [6.07, 6.45) is 0. The first-order valence-corrected chi connectivity index (χ1v) is 11.1. The number of amides is 1. The molecule has 4 rings (SSSR count). The Balaban J connectivity index is 1.58. The number of aryl methyl sites for hydroxylation is 1. The molecule has 0 saturated heterocycles. The number of hydrogen-bond acceptors (Lipinski definition) is 3. The number of carbonyl (C=O) groups excluding carboxylic acids is 1. The van der Waals surface area contributed by atoms with Crippen LogP contribution in [0.4, 0.5) is 0 Å². The zero-order valence-electron chi connectivity index (χ0n) is 19.4. The summed E-state index contributed by atoms with van der Waals surface area (Å²) in [4.78, 5) is 15.2. The first kappa shape index (κ1) is 22.4. The van der Waals surface area contributed by atoms with Gasteiger partial charge < -0.3 is 14.4 Å². The molecule has 0 bridgehead atoms. The van der Waals surface area contributed by atoms with Crippen LogP contribution in [0.3, 0.4) is 0 Å². The number of methoxy groups -OCH3 is 1. The van der Waals surface area contributed by atoms with Gasteiger partial charge in [0, 0.05) is 13.1 Å². The highest BCUT2D eigenvalue weighted by Gasteiger charge is 2.17. The standard InChI is InChI=1S/C29H29NO3/c1-21-8-6-13-28(22(21)2)33-20-29(31)30(18-23-14-16-26(32-3)17-15-23)19-25-11-7-10-24-9-4-5-12-27(24)25/h4-17H,18-20H2,1-3H3. The number of fused-ring (bicyclic) bond motifs is 1. The Bertz CT molecular complexity index is 1240. The van der Waals surface area contributed by atoms with Gasteiger partial charge in [-0.2, -0.15) is 0 Å². The summed E-state index contributed by atoms with van der Waals surface area (Å²) in [6.45, 7) is 5.04. The third-order valence-electron chi connectivity index (χ3n) is 6.03. The van der Waals surface area contributed by atoms with E-state index in [1.807, 2.05) is 79.4 Å². The van der Waals surface area contributed by atoms with Crippen molar-refractivity contribution >= 4 is 16.7 Å². The molecular formula is C29H29NO3. The maximum atomic E-state index is 13.4. The summed E-state index contributed by atoms with van der Waals surface area (Å²) in [7, 11) is 1.65. The highest BCUT2D eigenvalue weighted by molar-refractivity contribution is 5.86. The molecule has 4 nitrogen and oxygen atoms in total. The van der Waals surface area contributed by atoms with E-state index in [9.17, 15) is 4.79 Å². The fourth-order valence-electron chi connectivity index (χ4n) is 3.93. The molecule has 0 atom stereocenters. The van der Waals surface area contributed by atoms with Crippen LogP contribution >= 0.6 is 0 Å². The number of ether oxygens (including phenoxy) is 2. The second-order valence-corrected chi connectivity index (χ2v) is 8.22. The lowest BCUT2D eigenvalue weighted by atomic mass is 10.0. The summed E-state index contributed by atoms with van der Waals surface area (Å²) in [5.41, 5.74) is 4.35. The van der Waals surface area contributed by atoms with Crippen LogP contribution in [-0.4, -0.2) is 24.5 Å². The van der Waals surface area contributed by atoms with Crippen molar-refractivity contribution < 1.29 is 14.3 Å². The zero-order chi connectivity index (χ0) is 23.2. The summed E-state index contributed by atoms with van der Waals surface area (Å²) >= 11 is 0. The average molecular weight is 440 g/mol. The predicted molar refractivity (Wildman–Crippen MR) is 133 cm³/mol.